The van der Waals surface area contributed by atoms with Crippen molar-refractivity contribution in [3.63, 3.8) is 0 Å². The van der Waals surface area contributed by atoms with E-state index in [2.05, 4.69) is 15.9 Å². The van der Waals surface area contributed by atoms with Crippen molar-refractivity contribution in [3.8, 4) is 0 Å². The Morgan fingerprint density at radius 2 is 2.15 bits per heavy atom. The lowest BCUT2D eigenvalue weighted by Gasteiger charge is -2.27. The molecular weight excluding hydrogens is 342 g/mol. The smallest absolute Gasteiger partial charge is 0.255 e. The molecule has 1 saturated heterocycles. The number of hydrogen-bond acceptors (Lipinski definition) is 3. The predicted octanol–water partition coefficient (Wildman–Crippen LogP) is 2.41. The van der Waals surface area contributed by atoms with Crippen molar-refractivity contribution in [3.05, 3.63) is 33.8 Å². The first-order chi connectivity index (χ1) is 9.35. The van der Waals surface area contributed by atoms with Crippen LogP contribution in [0.25, 0.3) is 0 Å². The summed E-state index contributed by atoms with van der Waals surface area (Å²) in [4.78, 5) is 14.3. The van der Waals surface area contributed by atoms with Crippen LogP contribution in [0, 0.1) is 6.92 Å². The molecule has 1 aliphatic rings. The van der Waals surface area contributed by atoms with Crippen molar-refractivity contribution in [2.24, 2.45) is 0 Å². The molecule has 0 N–H and O–H groups in total. The third-order valence-electron chi connectivity index (χ3n) is 3.67. The number of hydrogen-bond donors (Lipinski definition) is 0. The molecule has 6 heteroatoms. The summed E-state index contributed by atoms with van der Waals surface area (Å²) in [5.41, 5.74) is 1.59. The van der Waals surface area contributed by atoms with Gasteiger partial charge < -0.3 is 4.90 Å². The zero-order valence-electron chi connectivity index (χ0n) is 11.6. The van der Waals surface area contributed by atoms with E-state index in [0.717, 1.165) is 10.0 Å². The second-order valence-electron chi connectivity index (χ2n) is 5.08. The zero-order valence-corrected chi connectivity index (χ0v) is 14.0. The summed E-state index contributed by atoms with van der Waals surface area (Å²) in [6, 6.07) is 5.33. The van der Waals surface area contributed by atoms with Crippen molar-refractivity contribution in [1.82, 2.24) is 4.90 Å². The van der Waals surface area contributed by atoms with Crippen LogP contribution in [0.2, 0.25) is 0 Å². The van der Waals surface area contributed by atoms with Gasteiger partial charge >= 0.3 is 0 Å². The molecule has 0 aromatic heterocycles. The Morgan fingerprint density at radius 1 is 1.45 bits per heavy atom. The van der Waals surface area contributed by atoms with Crippen LogP contribution in [0.3, 0.4) is 0 Å². The lowest BCUT2D eigenvalue weighted by Crippen LogP contribution is -2.41. The van der Waals surface area contributed by atoms with Gasteiger partial charge in [-0.15, -0.1) is 0 Å². The molecule has 110 valence electrons. The minimum Gasteiger partial charge on any atom is -0.335 e. The number of amides is 1. The van der Waals surface area contributed by atoms with Gasteiger partial charge in [-0.2, -0.15) is 0 Å². The highest BCUT2D eigenvalue weighted by molar-refractivity contribution is 9.10. The van der Waals surface area contributed by atoms with E-state index in [1.54, 1.807) is 11.0 Å². The molecule has 0 aliphatic carbocycles. The highest BCUT2D eigenvalue weighted by Gasteiger charge is 2.34. The average Bonchev–Trinajstić information content (AvgIpc) is 2.74. The van der Waals surface area contributed by atoms with Gasteiger partial charge in [0.05, 0.1) is 17.1 Å². The Hall–Kier alpha value is -0.880. The highest BCUT2D eigenvalue weighted by Crippen LogP contribution is 2.25. The molecule has 1 aromatic carbocycles. The first kappa shape index (κ1) is 15.5. The van der Waals surface area contributed by atoms with E-state index in [-0.39, 0.29) is 23.5 Å². The van der Waals surface area contributed by atoms with Gasteiger partial charge in [0.2, 0.25) is 0 Å². The number of aryl methyl sites for hydroxylation is 1. The lowest BCUT2D eigenvalue weighted by atomic mass is 10.1. The van der Waals surface area contributed by atoms with Crippen molar-refractivity contribution < 1.29 is 13.2 Å². The van der Waals surface area contributed by atoms with Gasteiger partial charge in [0, 0.05) is 17.1 Å². The number of sulfone groups is 1. The molecule has 1 heterocycles. The summed E-state index contributed by atoms with van der Waals surface area (Å²) in [6.07, 6.45) is 0.533. The normalized spacial score (nSPS) is 20.9. The molecule has 0 bridgehead atoms. The first-order valence-corrected chi connectivity index (χ1v) is 9.23. The largest absolute Gasteiger partial charge is 0.335 e. The Labute approximate surface area is 128 Å². The molecule has 1 amide bonds. The second-order valence-corrected chi connectivity index (χ2v) is 8.11. The molecule has 4 nitrogen and oxygen atoms in total. The molecule has 0 saturated carbocycles. The molecule has 1 fully saturated rings. The summed E-state index contributed by atoms with van der Waals surface area (Å²) in [5.74, 6) is 0.150. The molecule has 0 spiro atoms. The highest BCUT2D eigenvalue weighted by atomic mass is 79.9. The summed E-state index contributed by atoms with van der Waals surface area (Å²) in [7, 11) is -2.99. The van der Waals surface area contributed by atoms with Crippen LogP contribution in [0.1, 0.15) is 29.3 Å². The van der Waals surface area contributed by atoms with Gasteiger partial charge in [-0.05, 0) is 47.8 Å². The SMILES string of the molecule is CCN(C(=O)c1cccc(C)c1Br)C1CCS(=O)(=O)C1. The van der Waals surface area contributed by atoms with Crippen LogP contribution in [-0.2, 0) is 9.84 Å². The molecule has 20 heavy (non-hydrogen) atoms. The fraction of sp³-hybridized carbons (Fsp3) is 0.500. The minimum atomic E-state index is -2.99. The number of carbonyl (C=O) groups excluding carboxylic acids is 1. The van der Waals surface area contributed by atoms with Gasteiger partial charge in [0.15, 0.2) is 9.84 Å². The fourth-order valence-corrected chi connectivity index (χ4v) is 4.72. The van der Waals surface area contributed by atoms with Crippen LogP contribution < -0.4 is 0 Å². The molecule has 1 aromatic rings. The Bertz CT molecular complexity index is 627. The minimum absolute atomic E-state index is 0.0794. The molecule has 1 atom stereocenters. The van der Waals surface area contributed by atoms with E-state index in [4.69, 9.17) is 0 Å². The summed E-state index contributed by atoms with van der Waals surface area (Å²) < 4.78 is 24.0. The number of rotatable bonds is 3. The lowest BCUT2D eigenvalue weighted by molar-refractivity contribution is 0.0707. The van der Waals surface area contributed by atoms with Gasteiger partial charge in [-0.1, -0.05) is 12.1 Å². The van der Waals surface area contributed by atoms with E-state index < -0.39 is 9.84 Å². The quantitative estimate of drug-likeness (QED) is 0.832. The Kier molecular flexibility index (Phi) is 4.54. The average molecular weight is 360 g/mol. The third kappa shape index (κ3) is 3.06. The number of benzene rings is 1. The zero-order chi connectivity index (χ0) is 14.9. The van der Waals surface area contributed by atoms with E-state index >= 15 is 0 Å². The summed E-state index contributed by atoms with van der Waals surface area (Å²) >= 11 is 3.44. The Morgan fingerprint density at radius 3 is 2.70 bits per heavy atom. The summed E-state index contributed by atoms with van der Waals surface area (Å²) in [6.45, 7) is 4.32. The third-order valence-corrected chi connectivity index (χ3v) is 6.48. The van der Waals surface area contributed by atoms with Crippen LogP contribution in [0.4, 0.5) is 0 Å². The maximum absolute atomic E-state index is 12.6. The maximum Gasteiger partial charge on any atom is 0.255 e. The van der Waals surface area contributed by atoms with Crippen molar-refractivity contribution in [2.75, 3.05) is 18.1 Å². The van der Waals surface area contributed by atoms with Crippen LogP contribution in [0.5, 0.6) is 0 Å². The van der Waals surface area contributed by atoms with E-state index in [1.165, 1.54) is 0 Å². The molecule has 2 rings (SSSR count). The van der Waals surface area contributed by atoms with Crippen molar-refractivity contribution in [1.29, 1.82) is 0 Å². The van der Waals surface area contributed by atoms with Gasteiger partial charge in [0.1, 0.15) is 0 Å². The second kappa shape index (κ2) is 5.85. The van der Waals surface area contributed by atoms with Crippen LogP contribution >= 0.6 is 15.9 Å². The number of halogens is 1. The predicted molar refractivity (Wildman–Crippen MR) is 82.6 cm³/mol. The molecule has 1 unspecified atom stereocenters. The van der Waals surface area contributed by atoms with E-state index in [1.807, 2.05) is 26.0 Å². The summed E-state index contributed by atoms with van der Waals surface area (Å²) in [5, 5.41) is 0. The Balaban J connectivity index is 2.28. The van der Waals surface area contributed by atoms with Gasteiger partial charge in [0.25, 0.3) is 5.91 Å². The maximum atomic E-state index is 12.6. The molecular formula is C14H18BrNO3S. The van der Waals surface area contributed by atoms with Crippen LogP contribution in [-0.4, -0.2) is 43.3 Å². The van der Waals surface area contributed by atoms with Gasteiger partial charge in [-0.25, -0.2) is 8.42 Å². The number of nitrogens with zero attached hydrogens (tertiary/aromatic N) is 1. The monoisotopic (exact) mass is 359 g/mol. The van der Waals surface area contributed by atoms with Gasteiger partial charge in [-0.3, -0.25) is 4.79 Å². The van der Waals surface area contributed by atoms with Crippen molar-refractivity contribution >= 4 is 31.7 Å². The molecule has 1 aliphatic heterocycles. The number of carbonyl (C=O) groups is 1. The standard InChI is InChI=1S/C14H18BrNO3S/c1-3-16(11-7-8-20(18,19)9-11)14(17)12-6-4-5-10(2)13(12)15/h4-6,11H,3,7-9H2,1-2H3. The fourth-order valence-electron chi connectivity index (χ4n) is 2.56. The topological polar surface area (TPSA) is 54.5 Å². The van der Waals surface area contributed by atoms with Crippen molar-refractivity contribution in [2.45, 2.75) is 26.3 Å². The molecule has 0 radical (unpaired) electrons. The van der Waals surface area contributed by atoms with E-state index in [9.17, 15) is 13.2 Å². The first-order valence-electron chi connectivity index (χ1n) is 6.62. The van der Waals surface area contributed by atoms with E-state index in [0.29, 0.717) is 18.5 Å². The van der Waals surface area contributed by atoms with Crippen LogP contribution in [0.15, 0.2) is 22.7 Å².